The molecule has 1 unspecified atom stereocenters. The number of fused-ring (bicyclic) bond motifs is 1. The van der Waals surface area contributed by atoms with E-state index in [1.807, 2.05) is 30.1 Å². The van der Waals surface area contributed by atoms with Gasteiger partial charge < -0.3 is 4.40 Å². The molecular weight excluding hydrogens is 240 g/mol. The summed E-state index contributed by atoms with van der Waals surface area (Å²) in [5.74, 6) is 2.40. The molecule has 1 aliphatic heterocycles. The lowest BCUT2D eigenvalue weighted by Crippen LogP contribution is -2.06. The van der Waals surface area contributed by atoms with Crippen molar-refractivity contribution in [3.8, 4) is 0 Å². The molecule has 0 spiro atoms. The van der Waals surface area contributed by atoms with E-state index in [1.165, 1.54) is 25.0 Å². The van der Waals surface area contributed by atoms with Crippen LogP contribution in [0.2, 0.25) is 5.02 Å². The quantitative estimate of drug-likeness (QED) is 0.765. The van der Waals surface area contributed by atoms with Crippen molar-refractivity contribution in [2.45, 2.75) is 24.5 Å². The van der Waals surface area contributed by atoms with Crippen molar-refractivity contribution in [3.05, 3.63) is 35.4 Å². The first-order valence-corrected chi connectivity index (χ1v) is 7.02. The Morgan fingerprint density at radius 3 is 3.19 bits per heavy atom. The van der Waals surface area contributed by atoms with Gasteiger partial charge in [-0.1, -0.05) is 18.0 Å². The molecule has 16 heavy (non-hydrogen) atoms. The van der Waals surface area contributed by atoms with Crippen molar-refractivity contribution >= 4 is 28.9 Å². The van der Waals surface area contributed by atoms with Gasteiger partial charge in [0.1, 0.15) is 5.82 Å². The third-order valence-electron chi connectivity index (χ3n) is 3.02. The van der Waals surface area contributed by atoms with Crippen molar-refractivity contribution in [2.24, 2.45) is 0 Å². The molecule has 0 aliphatic carbocycles. The second-order valence-corrected chi connectivity index (χ2v) is 5.80. The fourth-order valence-electron chi connectivity index (χ4n) is 2.19. The molecular formula is C12H13ClN2S. The van der Waals surface area contributed by atoms with Crippen molar-refractivity contribution < 1.29 is 0 Å². The summed E-state index contributed by atoms with van der Waals surface area (Å²) in [4.78, 5) is 4.54. The van der Waals surface area contributed by atoms with E-state index >= 15 is 0 Å². The average molecular weight is 253 g/mol. The second kappa shape index (κ2) is 4.30. The fourth-order valence-corrected chi connectivity index (χ4v) is 3.71. The minimum atomic E-state index is 0.537. The number of aromatic nitrogens is 2. The second-order valence-electron chi connectivity index (χ2n) is 4.08. The monoisotopic (exact) mass is 252 g/mol. The zero-order chi connectivity index (χ0) is 11.0. The van der Waals surface area contributed by atoms with Crippen molar-refractivity contribution in [2.75, 3.05) is 5.75 Å². The molecule has 2 aromatic rings. The van der Waals surface area contributed by atoms with E-state index in [-0.39, 0.29) is 0 Å². The Kier molecular flexibility index (Phi) is 2.82. The van der Waals surface area contributed by atoms with Gasteiger partial charge in [0.25, 0.3) is 0 Å². The Balaban J connectivity index is 2.06. The van der Waals surface area contributed by atoms with Gasteiger partial charge >= 0.3 is 0 Å². The molecule has 2 aromatic heterocycles. The number of thioether (sulfide) groups is 1. The standard InChI is InChI=1S/C12H13ClN2S/c13-9-4-3-6-15-10(9)8-14-12(15)11-5-1-2-7-16-11/h3-4,6,8,11H,1-2,5,7H2. The van der Waals surface area contributed by atoms with Gasteiger partial charge in [0.15, 0.2) is 0 Å². The van der Waals surface area contributed by atoms with Gasteiger partial charge in [0.05, 0.1) is 22.0 Å². The SMILES string of the molecule is Clc1cccn2c(C3CCCCS3)ncc12. The molecule has 1 aliphatic rings. The number of rotatable bonds is 1. The van der Waals surface area contributed by atoms with E-state index in [1.54, 1.807) is 0 Å². The summed E-state index contributed by atoms with van der Waals surface area (Å²) in [7, 11) is 0. The molecule has 0 amide bonds. The minimum absolute atomic E-state index is 0.537. The molecule has 0 aromatic carbocycles. The number of hydrogen-bond donors (Lipinski definition) is 0. The Labute approximate surface area is 104 Å². The number of imidazole rings is 1. The summed E-state index contributed by atoms with van der Waals surface area (Å²) in [6.45, 7) is 0. The van der Waals surface area contributed by atoms with Crippen LogP contribution in [0.5, 0.6) is 0 Å². The van der Waals surface area contributed by atoms with Crippen LogP contribution >= 0.6 is 23.4 Å². The van der Waals surface area contributed by atoms with E-state index in [0.29, 0.717) is 5.25 Å². The van der Waals surface area contributed by atoms with Gasteiger partial charge in [-0.05, 0) is 30.7 Å². The zero-order valence-corrected chi connectivity index (χ0v) is 10.5. The lowest BCUT2D eigenvalue weighted by Gasteiger charge is -2.20. The van der Waals surface area contributed by atoms with Crippen LogP contribution in [0.4, 0.5) is 0 Å². The molecule has 84 valence electrons. The van der Waals surface area contributed by atoms with Crippen LogP contribution in [0.15, 0.2) is 24.5 Å². The van der Waals surface area contributed by atoms with Crippen molar-refractivity contribution in [1.82, 2.24) is 9.38 Å². The number of nitrogens with zero attached hydrogens (tertiary/aromatic N) is 2. The molecule has 1 atom stereocenters. The molecule has 0 N–H and O–H groups in total. The summed E-state index contributed by atoms with van der Waals surface area (Å²) >= 11 is 8.16. The van der Waals surface area contributed by atoms with E-state index in [2.05, 4.69) is 15.6 Å². The van der Waals surface area contributed by atoms with Crippen LogP contribution in [-0.2, 0) is 0 Å². The van der Waals surface area contributed by atoms with E-state index < -0.39 is 0 Å². The predicted molar refractivity (Wildman–Crippen MR) is 69.3 cm³/mol. The highest BCUT2D eigenvalue weighted by Crippen LogP contribution is 2.38. The van der Waals surface area contributed by atoms with E-state index in [9.17, 15) is 0 Å². The third-order valence-corrected chi connectivity index (χ3v) is 4.71. The van der Waals surface area contributed by atoms with Crippen LogP contribution in [0.25, 0.3) is 5.52 Å². The molecule has 0 saturated carbocycles. The largest absolute Gasteiger partial charge is 0.301 e. The molecule has 4 heteroatoms. The lowest BCUT2D eigenvalue weighted by atomic mass is 10.2. The maximum Gasteiger partial charge on any atom is 0.126 e. The molecule has 0 bridgehead atoms. The Morgan fingerprint density at radius 1 is 1.44 bits per heavy atom. The summed E-state index contributed by atoms with van der Waals surface area (Å²) in [6, 6.07) is 3.89. The fraction of sp³-hybridized carbons (Fsp3) is 0.417. The predicted octanol–water partition coefficient (Wildman–Crippen LogP) is 3.95. The van der Waals surface area contributed by atoms with Gasteiger partial charge in [-0.25, -0.2) is 4.98 Å². The van der Waals surface area contributed by atoms with Gasteiger partial charge in [0, 0.05) is 6.20 Å². The third kappa shape index (κ3) is 1.72. The highest BCUT2D eigenvalue weighted by Gasteiger charge is 2.20. The molecule has 3 rings (SSSR count). The highest BCUT2D eigenvalue weighted by molar-refractivity contribution is 7.99. The minimum Gasteiger partial charge on any atom is -0.301 e. The summed E-state index contributed by atoms with van der Waals surface area (Å²) in [5, 5.41) is 1.32. The van der Waals surface area contributed by atoms with Crippen molar-refractivity contribution in [1.29, 1.82) is 0 Å². The van der Waals surface area contributed by atoms with Gasteiger partial charge in [-0.2, -0.15) is 11.8 Å². The number of hydrogen-bond acceptors (Lipinski definition) is 2. The first-order chi connectivity index (χ1) is 7.86. The van der Waals surface area contributed by atoms with Crippen LogP contribution in [0.1, 0.15) is 30.3 Å². The lowest BCUT2D eigenvalue weighted by molar-refractivity contribution is 0.660. The average Bonchev–Trinajstić information content (AvgIpc) is 2.75. The molecule has 1 fully saturated rings. The summed E-state index contributed by atoms with van der Waals surface area (Å²) in [5.41, 5.74) is 1.02. The maximum atomic E-state index is 6.14. The Hall–Kier alpha value is -0.670. The first kappa shape index (κ1) is 10.5. The number of halogens is 1. The summed E-state index contributed by atoms with van der Waals surface area (Å²) < 4.78 is 2.13. The van der Waals surface area contributed by atoms with Crippen LogP contribution < -0.4 is 0 Å². The normalized spacial score (nSPS) is 21.4. The maximum absolute atomic E-state index is 6.14. The zero-order valence-electron chi connectivity index (χ0n) is 8.90. The van der Waals surface area contributed by atoms with E-state index in [0.717, 1.165) is 16.4 Å². The Bertz CT molecular complexity index is 503. The molecule has 0 radical (unpaired) electrons. The van der Waals surface area contributed by atoms with Gasteiger partial charge in [0.2, 0.25) is 0 Å². The topological polar surface area (TPSA) is 17.3 Å². The van der Waals surface area contributed by atoms with E-state index in [4.69, 9.17) is 11.6 Å². The highest BCUT2D eigenvalue weighted by atomic mass is 35.5. The molecule has 3 heterocycles. The smallest absolute Gasteiger partial charge is 0.126 e. The number of pyridine rings is 1. The van der Waals surface area contributed by atoms with Gasteiger partial charge in [-0.3, -0.25) is 0 Å². The summed E-state index contributed by atoms with van der Waals surface area (Å²) in [6.07, 6.45) is 7.82. The van der Waals surface area contributed by atoms with Crippen molar-refractivity contribution in [3.63, 3.8) is 0 Å². The van der Waals surface area contributed by atoms with Crippen LogP contribution in [-0.4, -0.2) is 15.1 Å². The molecule has 2 nitrogen and oxygen atoms in total. The van der Waals surface area contributed by atoms with Gasteiger partial charge in [-0.15, -0.1) is 0 Å². The van der Waals surface area contributed by atoms with Crippen LogP contribution in [0.3, 0.4) is 0 Å². The Morgan fingerprint density at radius 2 is 2.38 bits per heavy atom. The molecule has 1 saturated heterocycles. The first-order valence-electron chi connectivity index (χ1n) is 5.59. The van der Waals surface area contributed by atoms with Crippen LogP contribution in [0, 0.1) is 0 Å².